The van der Waals surface area contributed by atoms with Gasteiger partial charge in [-0.2, -0.15) is 0 Å². The van der Waals surface area contributed by atoms with Crippen molar-refractivity contribution in [2.45, 2.75) is 6.04 Å². The lowest BCUT2D eigenvalue weighted by Gasteiger charge is -2.14. The van der Waals surface area contributed by atoms with Gasteiger partial charge in [-0.15, -0.1) is 0 Å². The Labute approximate surface area is 108 Å². The van der Waals surface area contributed by atoms with Crippen LogP contribution in [0.5, 0.6) is 0 Å². The maximum Gasteiger partial charge on any atom is 0.0582 e. The summed E-state index contributed by atoms with van der Waals surface area (Å²) in [5.41, 5.74) is 7.98. The number of hydrogen-bond acceptors (Lipinski definition) is 2. The van der Waals surface area contributed by atoms with E-state index < -0.39 is 0 Å². The zero-order valence-corrected chi connectivity index (χ0v) is 10.7. The molecule has 1 unspecified atom stereocenters. The molecule has 0 bridgehead atoms. The van der Waals surface area contributed by atoms with E-state index in [-0.39, 0.29) is 6.04 Å². The summed E-state index contributed by atoms with van der Waals surface area (Å²) >= 11 is 9.53. The third-order valence-electron chi connectivity index (χ3n) is 2.34. The van der Waals surface area contributed by atoms with Crippen molar-refractivity contribution in [3.05, 3.63) is 63.3 Å². The van der Waals surface area contributed by atoms with Crippen LogP contribution < -0.4 is 5.73 Å². The lowest BCUT2D eigenvalue weighted by molar-refractivity contribution is 0.862. The van der Waals surface area contributed by atoms with Crippen molar-refractivity contribution in [2.24, 2.45) is 5.73 Å². The Balaban J connectivity index is 2.41. The van der Waals surface area contributed by atoms with Gasteiger partial charge in [0.2, 0.25) is 0 Å². The quantitative estimate of drug-likeness (QED) is 0.921. The van der Waals surface area contributed by atoms with Crippen LogP contribution in [-0.2, 0) is 0 Å². The normalized spacial score (nSPS) is 12.4. The van der Waals surface area contributed by atoms with Crippen molar-refractivity contribution in [3.8, 4) is 0 Å². The van der Waals surface area contributed by atoms with Gasteiger partial charge in [0.1, 0.15) is 0 Å². The van der Waals surface area contributed by atoms with Crippen LogP contribution in [0.15, 0.2) is 47.2 Å². The molecule has 1 heterocycles. The molecule has 4 heteroatoms. The van der Waals surface area contributed by atoms with Gasteiger partial charge in [-0.05, 0) is 35.4 Å². The number of nitrogens with two attached hydrogens (primary N) is 1. The third-order valence-corrected chi connectivity index (χ3v) is 3.17. The minimum Gasteiger partial charge on any atom is -0.320 e. The number of aromatic nitrogens is 1. The number of benzene rings is 1. The standard InChI is InChI=1S/C12H10BrClN2/c13-9-3-4-11(14)10(6-9)12(15)8-2-1-5-16-7-8/h1-7,12H,15H2. The van der Waals surface area contributed by atoms with Crippen LogP contribution >= 0.6 is 27.5 Å². The van der Waals surface area contributed by atoms with Crippen molar-refractivity contribution < 1.29 is 0 Å². The minimum absolute atomic E-state index is 0.251. The number of halogens is 2. The van der Waals surface area contributed by atoms with Gasteiger partial charge < -0.3 is 5.73 Å². The molecule has 0 spiro atoms. The molecule has 0 fully saturated rings. The van der Waals surface area contributed by atoms with Crippen LogP contribution in [0.2, 0.25) is 5.02 Å². The molecule has 1 aromatic heterocycles. The fourth-order valence-corrected chi connectivity index (χ4v) is 2.11. The average Bonchev–Trinajstić information content (AvgIpc) is 2.32. The van der Waals surface area contributed by atoms with E-state index in [4.69, 9.17) is 17.3 Å². The number of nitrogens with zero attached hydrogens (tertiary/aromatic N) is 1. The van der Waals surface area contributed by atoms with E-state index in [0.717, 1.165) is 15.6 Å². The summed E-state index contributed by atoms with van der Waals surface area (Å²) in [5.74, 6) is 0. The van der Waals surface area contributed by atoms with Gasteiger partial charge in [-0.25, -0.2) is 0 Å². The monoisotopic (exact) mass is 296 g/mol. The van der Waals surface area contributed by atoms with Crippen LogP contribution in [0.1, 0.15) is 17.2 Å². The molecule has 1 atom stereocenters. The van der Waals surface area contributed by atoms with Crippen molar-refractivity contribution >= 4 is 27.5 Å². The average molecular weight is 298 g/mol. The highest BCUT2D eigenvalue weighted by Crippen LogP contribution is 2.28. The Bertz CT molecular complexity index is 488. The second-order valence-corrected chi connectivity index (χ2v) is 4.75. The summed E-state index contributed by atoms with van der Waals surface area (Å²) in [7, 11) is 0. The Morgan fingerprint density at radius 2 is 2.12 bits per heavy atom. The Morgan fingerprint density at radius 3 is 2.81 bits per heavy atom. The molecule has 0 aliphatic heterocycles. The van der Waals surface area contributed by atoms with E-state index in [1.54, 1.807) is 12.4 Å². The summed E-state index contributed by atoms with van der Waals surface area (Å²) in [6, 6.07) is 9.20. The SMILES string of the molecule is NC(c1cccnc1)c1cc(Br)ccc1Cl. The maximum absolute atomic E-state index is 6.14. The fourth-order valence-electron chi connectivity index (χ4n) is 1.49. The van der Waals surface area contributed by atoms with Gasteiger partial charge in [0, 0.05) is 21.9 Å². The van der Waals surface area contributed by atoms with E-state index in [9.17, 15) is 0 Å². The molecule has 0 saturated heterocycles. The highest BCUT2D eigenvalue weighted by atomic mass is 79.9. The Kier molecular flexibility index (Phi) is 3.59. The van der Waals surface area contributed by atoms with Crippen LogP contribution in [-0.4, -0.2) is 4.98 Å². The van der Waals surface area contributed by atoms with Crippen molar-refractivity contribution in [3.63, 3.8) is 0 Å². The summed E-state index contributed by atoms with van der Waals surface area (Å²) in [6.45, 7) is 0. The molecule has 2 aromatic rings. The summed E-state index contributed by atoms with van der Waals surface area (Å²) < 4.78 is 0.964. The maximum atomic E-state index is 6.14. The molecule has 0 saturated carbocycles. The molecule has 2 nitrogen and oxygen atoms in total. The van der Waals surface area contributed by atoms with Gasteiger partial charge in [-0.3, -0.25) is 4.98 Å². The van der Waals surface area contributed by atoms with Gasteiger partial charge >= 0.3 is 0 Å². The summed E-state index contributed by atoms with van der Waals surface area (Å²) in [5, 5.41) is 0.666. The van der Waals surface area contributed by atoms with E-state index in [1.807, 2.05) is 30.3 Å². The van der Waals surface area contributed by atoms with E-state index in [0.29, 0.717) is 5.02 Å². The second kappa shape index (κ2) is 4.95. The van der Waals surface area contributed by atoms with Gasteiger partial charge in [0.25, 0.3) is 0 Å². The molecule has 0 radical (unpaired) electrons. The van der Waals surface area contributed by atoms with Crippen LogP contribution in [0.25, 0.3) is 0 Å². The first-order valence-corrected chi connectivity index (χ1v) is 5.96. The van der Waals surface area contributed by atoms with Crippen molar-refractivity contribution in [1.82, 2.24) is 4.98 Å². The third kappa shape index (κ3) is 2.43. The Morgan fingerprint density at radius 1 is 1.31 bits per heavy atom. The first-order chi connectivity index (χ1) is 7.68. The molecule has 82 valence electrons. The van der Waals surface area contributed by atoms with Gasteiger partial charge in [-0.1, -0.05) is 33.6 Å². The molecule has 0 aliphatic carbocycles. The highest BCUT2D eigenvalue weighted by Gasteiger charge is 2.12. The lowest BCUT2D eigenvalue weighted by atomic mass is 10.0. The van der Waals surface area contributed by atoms with Gasteiger partial charge in [0.05, 0.1) is 6.04 Å². The van der Waals surface area contributed by atoms with E-state index in [1.165, 1.54) is 0 Å². The van der Waals surface area contributed by atoms with E-state index in [2.05, 4.69) is 20.9 Å². The molecule has 0 amide bonds. The highest BCUT2D eigenvalue weighted by molar-refractivity contribution is 9.10. The predicted octanol–water partition coefficient (Wildman–Crippen LogP) is 3.55. The lowest BCUT2D eigenvalue weighted by Crippen LogP contribution is -2.12. The van der Waals surface area contributed by atoms with Crippen molar-refractivity contribution in [2.75, 3.05) is 0 Å². The van der Waals surface area contributed by atoms with E-state index >= 15 is 0 Å². The van der Waals surface area contributed by atoms with Crippen LogP contribution in [0.3, 0.4) is 0 Å². The molecule has 2 rings (SSSR count). The number of rotatable bonds is 2. The summed E-state index contributed by atoms with van der Waals surface area (Å²) in [4.78, 5) is 4.05. The van der Waals surface area contributed by atoms with Gasteiger partial charge in [0.15, 0.2) is 0 Å². The first kappa shape index (κ1) is 11.6. The zero-order chi connectivity index (χ0) is 11.5. The smallest absolute Gasteiger partial charge is 0.0582 e. The molecular formula is C12H10BrClN2. The molecular weight excluding hydrogens is 288 g/mol. The number of hydrogen-bond donors (Lipinski definition) is 1. The topological polar surface area (TPSA) is 38.9 Å². The first-order valence-electron chi connectivity index (χ1n) is 4.79. The predicted molar refractivity (Wildman–Crippen MR) is 69.4 cm³/mol. The second-order valence-electron chi connectivity index (χ2n) is 3.43. The Hall–Kier alpha value is -0.900. The molecule has 2 N–H and O–H groups in total. The minimum atomic E-state index is -0.251. The largest absolute Gasteiger partial charge is 0.320 e. The van der Waals surface area contributed by atoms with Crippen LogP contribution in [0, 0.1) is 0 Å². The molecule has 0 aliphatic rings. The zero-order valence-electron chi connectivity index (χ0n) is 8.40. The van der Waals surface area contributed by atoms with Crippen molar-refractivity contribution in [1.29, 1.82) is 0 Å². The summed E-state index contributed by atoms with van der Waals surface area (Å²) in [6.07, 6.45) is 3.47. The molecule has 1 aromatic carbocycles. The number of pyridine rings is 1. The molecule has 16 heavy (non-hydrogen) atoms. The van der Waals surface area contributed by atoms with Crippen LogP contribution in [0.4, 0.5) is 0 Å². The fraction of sp³-hybridized carbons (Fsp3) is 0.0833.